The lowest BCUT2D eigenvalue weighted by molar-refractivity contribution is 0.867. The van der Waals surface area contributed by atoms with Crippen LogP contribution in [0.1, 0.15) is 19.4 Å². The lowest BCUT2D eigenvalue weighted by atomic mass is 10.1. The maximum Gasteiger partial charge on any atom is 0.157 e. The van der Waals surface area contributed by atoms with Gasteiger partial charge in [0.2, 0.25) is 0 Å². The van der Waals surface area contributed by atoms with Crippen molar-refractivity contribution < 1.29 is 0 Å². The van der Waals surface area contributed by atoms with Crippen molar-refractivity contribution in [1.82, 2.24) is 14.4 Å². The van der Waals surface area contributed by atoms with Crippen LogP contribution in [0.25, 0.3) is 38.6 Å². The SMILES string of the molecule is CCN(CC)c1ccc2cc3cc(C#N)c4nc5ccccc5n4c3nc2c1. The molecule has 3 aromatic heterocycles. The van der Waals surface area contributed by atoms with E-state index in [0.29, 0.717) is 11.2 Å². The highest BCUT2D eigenvalue weighted by molar-refractivity contribution is 5.97. The zero-order valence-corrected chi connectivity index (χ0v) is 15.8. The largest absolute Gasteiger partial charge is 0.372 e. The molecular formula is C23H19N5. The van der Waals surface area contributed by atoms with Gasteiger partial charge in [0.1, 0.15) is 11.7 Å². The molecule has 0 radical (unpaired) electrons. The van der Waals surface area contributed by atoms with Crippen molar-refractivity contribution in [3.05, 3.63) is 60.2 Å². The fourth-order valence-corrected chi connectivity index (χ4v) is 3.96. The molecule has 5 nitrogen and oxygen atoms in total. The van der Waals surface area contributed by atoms with Crippen LogP contribution in [0, 0.1) is 11.3 Å². The topological polar surface area (TPSA) is 57.2 Å². The van der Waals surface area contributed by atoms with Crippen LogP contribution >= 0.6 is 0 Å². The molecule has 5 heteroatoms. The van der Waals surface area contributed by atoms with Gasteiger partial charge in [-0.05, 0) is 50.2 Å². The van der Waals surface area contributed by atoms with Gasteiger partial charge in [-0.25, -0.2) is 9.97 Å². The van der Waals surface area contributed by atoms with Crippen LogP contribution in [0.2, 0.25) is 0 Å². The van der Waals surface area contributed by atoms with Gasteiger partial charge in [-0.1, -0.05) is 18.2 Å². The Balaban J connectivity index is 1.91. The lowest BCUT2D eigenvalue weighted by Crippen LogP contribution is -2.21. The average Bonchev–Trinajstić information content (AvgIpc) is 3.12. The number of fused-ring (bicyclic) bond motifs is 6. The van der Waals surface area contributed by atoms with Gasteiger partial charge >= 0.3 is 0 Å². The molecule has 0 aliphatic carbocycles. The maximum absolute atomic E-state index is 9.66. The van der Waals surface area contributed by atoms with Crippen molar-refractivity contribution in [3.63, 3.8) is 0 Å². The summed E-state index contributed by atoms with van der Waals surface area (Å²) in [7, 11) is 0. The average molecular weight is 365 g/mol. The molecule has 28 heavy (non-hydrogen) atoms. The van der Waals surface area contributed by atoms with Crippen LogP contribution in [0.4, 0.5) is 5.69 Å². The molecule has 0 unspecified atom stereocenters. The molecule has 2 aromatic carbocycles. The third kappa shape index (κ3) is 2.31. The molecule has 5 aromatic rings. The van der Waals surface area contributed by atoms with Crippen LogP contribution in [0.5, 0.6) is 0 Å². The second kappa shape index (κ2) is 6.21. The monoisotopic (exact) mass is 365 g/mol. The molecule has 0 saturated carbocycles. The third-order valence-corrected chi connectivity index (χ3v) is 5.37. The summed E-state index contributed by atoms with van der Waals surface area (Å²) >= 11 is 0. The second-order valence-corrected chi connectivity index (χ2v) is 6.88. The number of para-hydroxylation sites is 2. The smallest absolute Gasteiger partial charge is 0.157 e. The van der Waals surface area contributed by atoms with E-state index in [1.807, 2.05) is 34.7 Å². The van der Waals surface area contributed by atoms with Crippen molar-refractivity contribution in [2.75, 3.05) is 18.0 Å². The Morgan fingerprint density at radius 2 is 1.68 bits per heavy atom. The van der Waals surface area contributed by atoms with Crippen molar-refractivity contribution >= 4 is 44.3 Å². The summed E-state index contributed by atoms with van der Waals surface area (Å²) in [6.45, 7) is 6.23. The first kappa shape index (κ1) is 16.5. The van der Waals surface area contributed by atoms with E-state index in [1.165, 1.54) is 5.69 Å². The fourth-order valence-electron chi connectivity index (χ4n) is 3.96. The number of anilines is 1. The molecule has 5 rings (SSSR count). The van der Waals surface area contributed by atoms with E-state index >= 15 is 0 Å². The summed E-state index contributed by atoms with van der Waals surface area (Å²) in [5, 5.41) is 11.7. The summed E-state index contributed by atoms with van der Waals surface area (Å²) < 4.78 is 2.01. The second-order valence-electron chi connectivity index (χ2n) is 6.88. The zero-order valence-electron chi connectivity index (χ0n) is 15.8. The van der Waals surface area contributed by atoms with E-state index in [0.717, 1.165) is 46.1 Å². The molecule has 0 atom stereocenters. The molecular weight excluding hydrogens is 346 g/mol. The van der Waals surface area contributed by atoms with Gasteiger partial charge in [-0.15, -0.1) is 0 Å². The first-order chi connectivity index (χ1) is 13.7. The number of pyridine rings is 2. The molecule has 0 N–H and O–H groups in total. The van der Waals surface area contributed by atoms with E-state index in [1.54, 1.807) is 0 Å². The maximum atomic E-state index is 9.66. The minimum Gasteiger partial charge on any atom is -0.372 e. The highest BCUT2D eigenvalue weighted by atomic mass is 15.1. The summed E-state index contributed by atoms with van der Waals surface area (Å²) in [6.07, 6.45) is 0. The van der Waals surface area contributed by atoms with E-state index < -0.39 is 0 Å². The zero-order chi connectivity index (χ0) is 19.3. The van der Waals surface area contributed by atoms with Crippen molar-refractivity contribution in [1.29, 1.82) is 5.26 Å². The van der Waals surface area contributed by atoms with Crippen LogP contribution < -0.4 is 4.90 Å². The van der Waals surface area contributed by atoms with Crippen molar-refractivity contribution in [2.45, 2.75) is 13.8 Å². The Morgan fingerprint density at radius 1 is 0.893 bits per heavy atom. The van der Waals surface area contributed by atoms with Crippen LogP contribution in [0.15, 0.2) is 54.6 Å². The normalized spacial score (nSPS) is 11.5. The van der Waals surface area contributed by atoms with Gasteiger partial charge in [-0.3, -0.25) is 4.40 Å². The number of hydrogen-bond acceptors (Lipinski definition) is 4. The summed E-state index contributed by atoms with van der Waals surface area (Å²) in [4.78, 5) is 12.0. The number of nitrogens with zero attached hydrogens (tertiary/aromatic N) is 5. The van der Waals surface area contributed by atoms with Gasteiger partial charge < -0.3 is 4.90 Å². The number of rotatable bonds is 3. The molecule has 0 bridgehead atoms. The predicted octanol–water partition coefficient (Wildman–Crippen LogP) is 4.91. The molecule has 0 fully saturated rings. The van der Waals surface area contributed by atoms with Crippen molar-refractivity contribution in [2.24, 2.45) is 0 Å². The Bertz CT molecular complexity index is 1400. The standard InChI is InChI=1S/C23H19N5/c1-3-27(4-2)18-10-9-15-11-16-12-17(14-24)23-25-19-7-5-6-8-21(19)28(23)22(16)26-20(15)13-18/h5-13H,3-4H2,1-2H3. The quantitative estimate of drug-likeness (QED) is 0.426. The first-order valence-corrected chi connectivity index (χ1v) is 9.53. The number of aromatic nitrogens is 3. The number of hydrogen-bond donors (Lipinski definition) is 0. The van der Waals surface area contributed by atoms with Gasteiger partial charge in [0.05, 0.1) is 22.1 Å². The molecule has 0 spiro atoms. The Hall–Kier alpha value is -3.65. The van der Waals surface area contributed by atoms with E-state index in [-0.39, 0.29) is 0 Å². The van der Waals surface area contributed by atoms with E-state index in [9.17, 15) is 5.26 Å². The third-order valence-electron chi connectivity index (χ3n) is 5.37. The minimum atomic E-state index is 0.560. The molecule has 0 amide bonds. The van der Waals surface area contributed by atoms with Crippen molar-refractivity contribution in [3.8, 4) is 6.07 Å². The molecule has 3 heterocycles. The predicted molar refractivity (Wildman–Crippen MR) is 114 cm³/mol. The van der Waals surface area contributed by atoms with Crippen LogP contribution in [-0.4, -0.2) is 27.5 Å². The van der Waals surface area contributed by atoms with Gasteiger partial charge in [0.15, 0.2) is 5.65 Å². The first-order valence-electron chi connectivity index (χ1n) is 9.53. The minimum absolute atomic E-state index is 0.560. The molecule has 136 valence electrons. The Kier molecular flexibility index (Phi) is 3.66. The number of imidazole rings is 1. The fraction of sp³-hybridized carbons (Fsp3) is 0.174. The van der Waals surface area contributed by atoms with Crippen LogP contribution in [-0.2, 0) is 0 Å². The summed E-state index contributed by atoms with van der Waals surface area (Å²) in [5.41, 5.74) is 5.99. The van der Waals surface area contributed by atoms with Gasteiger partial charge in [0.25, 0.3) is 0 Å². The van der Waals surface area contributed by atoms with E-state index in [4.69, 9.17) is 4.98 Å². The highest BCUT2D eigenvalue weighted by Crippen LogP contribution is 2.29. The van der Waals surface area contributed by atoms with Gasteiger partial charge in [0, 0.05) is 29.5 Å². The highest BCUT2D eigenvalue weighted by Gasteiger charge is 2.14. The van der Waals surface area contributed by atoms with Crippen LogP contribution in [0.3, 0.4) is 0 Å². The summed E-state index contributed by atoms with van der Waals surface area (Å²) in [5.74, 6) is 0. The summed E-state index contributed by atoms with van der Waals surface area (Å²) in [6, 6.07) is 20.6. The molecule has 0 aliphatic rings. The van der Waals surface area contributed by atoms with E-state index in [2.05, 4.69) is 54.1 Å². The molecule has 0 aliphatic heterocycles. The molecule has 0 saturated heterocycles. The number of benzene rings is 2. The Morgan fingerprint density at radius 3 is 2.46 bits per heavy atom. The Labute approximate surface area is 162 Å². The van der Waals surface area contributed by atoms with Gasteiger partial charge in [-0.2, -0.15) is 5.26 Å². The lowest BCUT2D eigenvalue weighted by Gasteiger charge is -2.21. The number of nitriles is 1.